The number of hydrogen-bond acceptors (Lipinski definition) is 9. The molecule has 0 spiro atoms. The molecule has 0 aliphatic carbocycles. The largest absolute Gasteiger partial charge is 0.493 e. The van der Waals surface area contributed by atoms with Crippen molar-refractivity contribution in [2.24, 2.45) is 0 Å². The molecule has 0 amide bonds. The second-order valence-electron chi connectivity index (χ2n) is 7.43. The third kappa shape index (κ3) is 5.83. The number of hydrogen-bond donors (Lipinski definition) is 0. The summed E-state index contributed by atoms with van der Waals surface area (Å²) in [5.74, 6) is -0.970. The zero-order valence-electron chi connectivity index (χ0n) is 20.6. The molecule has 0 aliphatic heterocycles. The van der Waals surface area contributed by atoms with Gasteiger partial charge in [0.2, 0.25) is 0 Å². The van der Waals surface area contributed by atoms with Gasteiger partial charge in [0.05, 0.1) is 40.2 Å². The van der Waals surface area contributed by atoms with E-state index in [1.54, 1.807) is 49.4 Å². The van der Waals surface area contributed by atoms with Crippen LogP contribution in [0.1, 0.15) is 40.6 Å². The van der Waals surface area contributed by atoms with Crippen molar-refractivity contribution < 1.29 is 38.1 Å². The summed E-state index contributed by atoms with van der Waals surface area (Å²) in [7, 11) is 3.94. The number of carbonyl (C=O) groups excluding carboxylic acids is 3. The first kappa shape index (κ1) is 26.3. The third-order valence-corrected chi connectivity index (χ3v) is 5.18. The number of esters is 3. The van der Waals surface area contributed by atoms with Crippen LogP contribution in [-0.4, -0.2) is 62.2 Å². The van der Waals surface area contributed by atoms with Crippen LogP contribution in [0.4, 0.5) is 0 Å². The van der Waals surface area contributed by atoms with Gasteiger partial charge in [-0.15, -0.1) is 0 Å². The van der Waals surface area contributed by atoms with E-state index < -0.39 is 11.9 Å². The maximum Gasteiger partial charge on any atom is 0.357 e. The van der Waals surface area contributed by atoms with E-state index in [4.69, 9.17) is 23.7 Å². The van der Waals surface area contributed by atoms with Crippen molar-refractivity contribution in [3.63, 3.8) is 0 Å². The molecule has 10 heteroatoms. The maximum atomic E-state index is 12.8. The number of ether oxygens (including phenoxy) is 5. The van der Waals surface area contributed by atoms with Crippen molar-refractivity contribution in [3.05, 3.63) is 59.8 Å². The number of nitrogens with zero attached hydrogens (tertiary/aromatic N) is 2. The summed E-state index contributed by atoms with van der Waals surface area (Å²) >= 11 is 0. The Hall–Kier alpha value is -4.34. The van der Waals surface area contributed by atoms with Crippen molar-refractivity contribution >= 4 is 17.9 Å². The van der Waals surface area contributed by atoms with Gasteiger partial charge in [-0.3, -0.25) is 4.79 Å². The lowest BCUT2D eigenvalue weighted by Crippen LogP contribution is -2.15. The van der Waals surface area contributed by atoms with Gasteiger partial charge in [-0.2, -0.15) is 5.10 Å². The van der Waals surface area contributed by atoms with Gasteiger partial charge in [-0.25, -0.2) is 14.3 Å². The van der Waals surface area contributed by atoms with E-state index in [1.807, 2.05) is 6.07 Å². The highest BCUT2D eigenvalue weighted by Gasteiger charge is 2.31. The van der Waals surface area contributed by atoms with Crippen LogP contribution < -0.4 is 9.47 Å². The van der Waals surface area contributed by atoms with Crippen LogP contribution in [0.2, 0.25) is 0 Å². The summed E-state index contributed by atoms with van der Waals surface area (Å²) in [5, 5.41) is 4.58. The number of carbonyl (C=O) groups is 3. The Balaban J connectivity index is 2.06. The highest BCUT2D eigenvalue weighted by atomic mass is 16.5. The molecule has 2 aromatic carbocycles. The molecule has 10 nitrogen and oxygen atoms in total. The van der Waals surface area contributed by atoms with E-state index in [2.05, 4.69) is 5.10 Å². The number of rotatable bonds is 11. The fraction of sp³-hybridized carbons (Fsp3) is 0.308. The second-order valence-corrected chi connectivity index (χ2v) is 7.43. The Labute approximate surface area is 208 Å². The number of benzene rings is 2. The first-order valence-corrected chi connectivity index (χ1v) is 11.3. The molecule has 0 N–H and O–H groups in total. The first-order chi connectivity index (χ1) is 17.4. The Morgan fingerprint density at radius 2 is 1.64 bits per heavy atom. The van der Waals surface area contributed by atoms with Crippen LogP contribution in [0, 0.1) is 0 Å². The summed E-state index contributed by atoms with van der Waals surface area (Å²) in [6, 6.07) is 13.9. The average Bonchev–Trinajstić information content (AvgIpc) is 3.31. The molecule has 0 bridgehead atoms. The predicted octanol–water partition coefficient (Wildman–Crippen LogP) is 3.84. The quantitative estimate of drug-likeness (QED) is 0.222. The standard InChI is InChI=1S/C26H28N2O8/c1-5-35-21(29)12-9-15-36-20-16-17(13-14-19(20)32-2)23-22(25(30)33-3)24(26(31)34-4)28(27-23)18-10-7-6-8-11-18/h6-8,10-11,13-14,16H,5,9,12,15H2,1-4H3. The van der Waals surface area contributed by atoms with E-state index in [-0.39, 0.29) is 35.9 Å². The normalized spacial score (nSPS) is 10.4. The highest BCUT2D eigenvalue weighted by Crippen LogP contribution is 2.35. The first-order valence-electron chi connectivity index (χ1n) is 11.3. The van der Waals surface area contributed by atoms with Gasteiger partial charge in [0.15, 0.2) is 17.2 Å². The summed E-state index contributed by atoms with van der Waals surface area (Å²) in [6.07, 6.45) is 0.654. The van der Waals surface area contributed by atoms with Gasteiger partial charge in [-0.05, 0) is 43.7 Å². The summed E-state index contributed by atoms with van der Waals surface area (Å²) < 4.78 is 27.5. The second kappa shape index (κ2) is 12.4. The fourth-order valence-corrected chi connectivity index (χ4v) is 3.53. The van der Waals surface area contributed by atoms with E-state index in [9.17, 15) is 14.4 Å². The number of aromatic nitrogens is 2. The number of para-hydroxylation sites is 1. The van der Waals surface area contributed by atoms with Gasteiger partial charge in [-0.1, -0.05) is 18.2 Å². The van der Waals surface area contributed by atoms with Crippen molar-refractivity contribution in [3.8, 4) is 28.4 Å². The lowest BCUT2D eigenvalue weighted by molar-refractivity contribution is -0.143. The van der Waals surface area contributed by atoms with Gasteiger partial charge in [0, 0.05) is 12.0 Å². The Bertz CT molecular complexity index is 1220. The smallest absolute Gasteiger partial charge is 0.357 e. The molecule has 0 atom stereocenters. The molecule has 0 unspecified atom stereocenters. The molecule has 3 aromatic rings. The Morgan fingerprint density at radius 1 is 0.917 bits per heavy atom. The Morgan fingerprint density at radius 3 is 2.28 bits per heavy atom. The van der Waals surface area contributed by atoms with E-state index >= 15 is 0 Å². The van der Waals surface area contributed by atoms with Crippen molar-refractivity contribution in [2.75, 3.05) is 34.5 Å². The lowest BCUT2D eigenvalue weighted by Gasteiger charge is -2.12. The van der Waals surface area contributed by atoms with E-state index in [1.165, 1.54) is 26.0 Å². The minimum absolute atomic E-state index is 0.0494. The van der Waals surface area contributed by atoms with Crippen LogP contribution in [0.3, 0.4) is 0 Å². The Kier molecular flexibility index (Phi) is 9.04. The van der Waals surface area contributed by atoms with Crippen molar-refractivity contribution in [1.82, 2.24) is 9.78 Å². The highest BCUT2D eigenvalue weighted by molar-refractivity contribution is 6.06. The van der Waals surface area contributed by atoms with E-state index in [0.717, 1.165) is 0 Å². The van der Waals surface area contributed by atoms with Gasteiger partial charge in [0.1, 0.15) is 11.3 Å². The zero-order valence-corrected chi connectivity index (χ0v) is 20.6. The number of methoxy groups -OCH3 is 3. The van der Waals surface area contributed by atoms with Crippen molar-refractivity contribution in [1.29, 1.82) is 0 Å². The van der Waals surface area contributed by atoms with Crippen LogP contribution >= 0.6 is 0 Å². The average molecular weight is 497 g/mol. The van der Waals surface area contributed by atoms with Gasteiger partial charge in [0.25, 0.3) is 0 Å². The molecule has 1 aromatic heterocycles. The van der Waals surface area contributed by atoms with Gasteiger partial charge >= 0.3 is 17.9 Å². The minimum Gasteiger partial charge on any atom is -0.493 e. The maximum absolute atomic E-state index is 12.8. The molecule has 0 aliphatic rings. The monoisotopic (exact) mass is 496 g/mol. The molecule has 36 heavy (non-hydrogen) atoms. The molecule has 0 radical (unpaired) electrons. The zero-order chi connectivity index (χ0) is 26.1. The predicted molar refractivity (Wildman–Crippen MR) is 130 cm³/mol. The molecule has 0 saturated carbocycles. The third-order valence-electron chi connectivity index (χ3n) is 5.18. The van der Waals surface area contributed by atoms with Crippen molar-refractivity contribution in [2.45, 2.75) is 19.8 Å². The van der Waals surface area contributed by atoms with Crippen LogP contribution in [0.15, 0.2) is 48.5 Å². The lowest BCUT2D eigenvalue weighted by atomic mass is 10.0. The molecular weight excluding hydrogens is 468 g/mol. The van der Waals surface area contributed by atoms with E-state index in [0.29, 0.717) is 35.8 Å². The molecule has 190 valence electrons. The van der Waals surface area contributed by atoms with Crippen LogP contribution in [-0.2, 0) is 19.0 Å². The molecule has 1 heterocycles. The van der Waals surface area contributed by atoms with Crippen LogP contribution in [0.5, 0.6) is 11.5 Å². The summed E-state index contributed by atoms with van der Waals surface area (Å²) in [5.41, 5.74) is 1.12. The van der Waals surface area contributed by atoms with Crippen LogP contribution in [0.25, 0.3) is 16.9 Å². The topological polar surface area (TPSA) is 115 Å². The molecule has 0 saturated heterocycles. The summed E-state index contributed by atoms with van der Waals surface area (Å²) in [4.78, 5) is 37.2. The molecular formula is C26H28N2O8. The molecule has 3 rings (SSSR count). The fourth-order valence-electron chi connectivity index (χ4n) is 3.53. The van der Waals surface area contributed by atoms with Gasteiger partial charge < -0.3 is 23.7 Å². The molecule has 0 fully saturated rings. The summed E-state index contributed by atoms with van der Waals surface area (Å²) in [6.45, 7) is 2.30. The minimum atomic E-state index is -0.750. The SMILES string of the molecule is CCOC(=O)CCCOc1cc(-c2nn(-c3ccccc3)c(C(=O)OC)c2C(=O)OC)ccc1OC.